The molecule has 0 radical (unpaired) electrons. The average Bonchev–Trinajstić information content (AvgIpc) is 2.71. The maximum absolute atomic E-state index is 12.6. The first-order valence-corrected chi connectivity index (χ1v) is 8.88. The number of nitro benzene ring substituents is 2. The monoisotopic (exact) mass is 400 g/mol. The Morgan fingerprint density at radius 1 is 1.00 bits per heavy atom. The highest BCUT2D eigenvalue weighted by atomic mass is 16.6. The van der Waals surface area contributed by atoms with Gasteiger partial charge in [-0.15, -0.1) is 0 Å². The van der Waals surface area contributed by atoms with E-state index in [-0.39, 0.29) is 12.0 Å². The van der Waals surface area contributed by atoms with Crippen molar-refractivity contribution >= 4 is 23.2 Å². The summed E-state index contributed by atoms with van der Waals surface area (Å²) in [6.07, 6.45) is 0.897. The van der Waals surface area contributed by atoms with E-state index in [0.717, 1.165) is 23.8 Å². The molecule has 0 saturated carbocycles. The Kier molecular flexibility index (Phi) is 7.35. The molecule has 0 heterocycles. The number of nitrogens with zero attached hydrogens (tertiary/aromatic N) is 2. The van der Waals surface area contributed by atoms with Crippen LogP contribution in [0.25, 0.3) is 0 Å². The largest absolute Gasteiger partial charge is 0.354 e. The van der Waals surface area contributed by atoms with Crippen molar-refractivity contribution in [1.29, 1.82) is 0 Å². The van der Waals surface area contributed by atoms with Crippen molar-refractivity contribution in [3.8, 4) is 0 Å². The van der Waals surface area contributed by atoms with Crippen LogP contribution in [0.2, 0.25) is 0 Å². The lowest BCUT2D eigenvalue weighted by atomic mass is 10.0. The fraction of sp³-hybridized carbons (Fsp3) is 0.263. The third-order valence-electron chi connectivity index (χ3n) is 4.04. The fourth-order valence-corrected chi connectivity index (χ4v) is 2.61. The molecule has 2 aromatic rings. The highest BCUT2D eigenvalue weighted by molar-refractivity contribution is 5.98. The summed E-state index contributed by atoms with van der Waals surface area (Å²) in [7, 11) is 0. The molecule has 10 nitrogen and oxygen atoms in total. The number of benzene rings is 2. The predicted octanol–water partition coefficient (Wildman–Crippen LogP) is 2.37. The fourth-order valence-electron chi connectivity index (χ4n) is 2.61. The SMILES string of the molecule is CCCNC(=O)C(Cc1ccccc1)NC(=O)c1cc([N+](=O)[O-])cc([N+](=O)[O-])c1. The van der Waals surface area contributed by atoms with E-state index in [1.807, 2.05) is 13.0 Å². The summed E-state index contributed by atoms with van der Waals surface area (Å²) in [4.78, 5) is 45.5. The molecule has 0 aliphatic carbocycles. The van der Waals surface area contributed by atoms with E-state index in [0.29, 0.717) is 13.0 Å². The number of non-ortho nitro benzene ring substituents is 2. The molecular weight excluding hydrogens is 380 g/mol. The van der Waals surface area contributed by atoms with E-state index in [4.69, 9.17) is 0 Å². The zero-order valence-corrected chi connectivity index (χ0v) is 15.7. The maximum Gasteiger partial charge on any atom is 0.277 e. The van der Waals surface area contributed by atoms with Crippen molar-refractivity contribution < 1.29 is 19.4 Å². The molecule has 29 heavy (non-hydrogen) atoms. The van der Waals surface area contributed by atoms with Crippen LogP contribution in [-0.2, 0) is 11.2 Å². The van der Waals surface area contributed by atoms with Crippen LogP contribution in [0.4, 0.5) is 11.4 Å². The van der Waals surface area contributed by atoms with E-state index in [1.54, 1.807) is 24.3 Å². The van der Waals surface area contributed by atoms with Crippen molar-refractivity contribution in [2.45, 2.75) is 25.8 Å². The number of hydrogen-bond acceptors (Lipinski definition) is 6. The highest BCUT2D eigenvalue weighted by Crippen LogP contribution is 2.22. The molecule has 0 aromatic heterocycles. The first kappa shape index (κ1) is 21.5. The molecule has 0 fully saturated rings. The molecule has 0 aliphatic heterocycles. The minimum absolute atomic E-state index is 0.194. The molecule has 0 aliphatic rings. The molecule has 10 heteroatoms. The summed E-state index contributed by atoms with van der Waals surface area (Å²) in [5.41, 5.74) is -0.638. The van der Waals surface area contributed by atoms with Gasteiger partial charge in [0.2, 0.25) is 5.91 Å². The third kappa shape index (κ3) is 6.09. The van der Waals surface area contributed by atoms with Gasteiger partial charge in [-0.05, 0) is 12.0 Å². The first-order chi connectivity index (χ1) is 13.8. The van der Waals surface area contributed by atoms with E-state index >= 15 is 0 Å². The molecular formula is C19H20N4O6. The van der Waals surface area contributed by atoms with E-state index in [1.165, 1.54) is 0 Å². The van der Waals surface area contributed by atoms with Gasteiger partial charge in [-0.25, -0.2) is 0 Å². The number of nitro groups is 2. The minimum atomic E-state index is -0.949. The van der Waals surface area contributed by atoms with Crippen LogP contribution >= 0.6 is 0 Å². The number of amides is 2. The van der Waals surface area contributed by atoms with Crippen LogP contribution in [0.5, 0.6) is 0 Å². The lowest BCUT2D eigenvalue weighted by molar-refractivity contribution is -0.394. The quantitative estimate of drug-likeness (QED) is 0.488. The number of rotatable bonds is 9. The van der Waals surface area contributed by atoms with Gasteiger partial charge in [-0.1, -0.05) is 37.3 Å². The maximum atomic E-state index is 12.6. The van der Waals surface area contributed by atoms with E-state index < -0.39 is 39.1 Å². The third-order valence-corrected chi connectivity index (χ3v) is 4.04. The van der Waals surface area contributed by atoms with Gasteiger partial charge in [-0.3, -0.25) is 29.8 Å². The lowest BCUT2D eigenvalue weighted by Gasteiger charge is -2.18. The molecule has 2 aromatic carbocycles. The summed E-state index contributed by atoms with van der Waals surface area (Å²) in [5.74, 6) is -1.23. The molecule has 1 unspecified atom stereocenters. The zero-order valence-electron chi connectivity index (χ0n) is 15.7. The van der Waals surface area contributed by atoms with Gasteiger partial charge in [0.15, 0.2) is 0 Å². The van der Waals surface area contributed by atoms with E-state index in [2.05, 4.69) is 10.6 Å². The van der Waals surface area contributed by atoms with E-state index in [9.17, 15) is 29.8 Å². The van der Waals surface area contributed by atoms with Crippen LogP contribution in [0, 0.1) is 20.2 Å². The molecule has 1 atom stereocenters. The minimum Gasteiger partial charge on any atom is -0.354 e. The Labute approximate surface area is 166 Å². The molecule has 0 saturated heterocycles. The Balaban J connectivity index is 2.29. The van der Waals surface area contributed by atoms with Gasteiger partial charge in [0.1, 0.15) is 6.04 Å². The number of hydrogen-bond donors (Lipinski definition) is 2. The van der Waals surface area contributed by atoms with Crippen molar-refractivity contribution in [3.05, 3.63) is 79.9 Å². The smallest absolute Gasteiger partial charge is 0.277 e. The van der Waals surface area contributed by atoms with Gasteiger partial charge in [0.05, 0.1) is 21.5 Å². The number of carbonyl (C=O) groups is 2. The lowest BCUT2D eigenvalue weighted by Crippen LogP contribution is -2.48. The van der Waals surface area contributed by atoms with Crippen LogP contribution in [0.15, 0.2) is 48.5 Å². The Morgan fingerprint density at radius 2 is 1.59 bits per heavy atom. The Hall–Kier alpha value is -3.82. The summed E-state index contributed by atoms with van der Waals surface area (Å²) in [5, 5.41) is 27.3. The predicted molar refractivity (Wildman–Crippen MR) is 104 cm³/mol. The molecule has 2 rings (SSSR count). The number of nitrogens with one attached hydrogen (secondary N) is 2. The zero-order chi connectivity index (χ0) is 21.4. The van der Waals surface area contributed by atoms with Crippen molar-refractivity contribution in [2.75, 3.05) is 6.54 Å². The van der Waals surface area contributed by atoms with Crippen LogP contribution in [0.1, 0.15) is 29.3 Å². The second kappa shape index (κ2) is 9.93. The van der Waals surface area contributed by atoms with Gasteiger partial charge in [0.25, 0.3) is 17.3 Å². The summed E-state index contributed by atoms with van der Waals surface area (Å²) < 4.78 is 0. The Morgan fingerprint density at radius 3 is 2.10 bits per heavy atom. The molecule has 0 bridgehead atoms. The first-order valence-electron chi connectivity index (χ1n) is 8.88. The van der Waals surface area contributed by atoms with Gasteiger partial charge in [-0.2, -0.15) is 0 Å². The van der Waals surface area contributed by atoms with Gasteiger partial charge in [0, 0.05) is 25.1 Å². The second-order valence-electron chi connectivity index (χ2n) is 6.26. The van der Waals surface area contributed by atoms with Crippen LogP contribution < -0.4 is 10.6 Å². The second-order valence-corrected chi connectivity index (χ2v) is 6.26. The van der Waals surface area contributed by atoms with Crippen molar-refractivity contribution in [2.24, 2.45) is 0 Å². The topological polar surface area (TPSA) is 144 Å². The van der Waals surface area contributed by atoms with Crippen LogP contribution in [-0.4, -0.2) is 34.2 Å². The normalized spacial score (nSPS) is 11.3. The average molecular weight is 400 g/mol. The molecule has 0 spiro atoms. The van der Waals surface area contributed by atoms with Gasteiger partial charge >= 0.3 is 0 Å². The molecule has 152 valence electrons. The highest BCUT2D eigenvalue weighted by Gasteiger charge is 2.25. The summed E-state index contributed by atoms with van der Waals surface area (Å²) in [6.45, 7) is 2.30. The number of carbonyl (C=O) groups excluding carboxylic acids is 2. The summed E-state index contributed by atoms with van der Waals surface area (Å²) >= 11 is 0. The van der Waals surface area contributed by atoms with Gasteiger partial charge < -0.3 is 10.6 Å². The molecule has 2 N–H and O–H groups in total. The summed E-state index contributed by atoms with van der Waals surface area (Å²) in [6, 6.07) is 10.7. The Bertz CT molecular complexity index is 884. The standard InChI is InChI=1S/C19H20N4O6/c1-2-8-20-19(25)17(9-13-6-4-3-5-7-13)21-18(24)14-10-15(22(26)27)12-16(11-14)23(28)29/h3-7,10-12,17H,2,8-9H2,1H3,(H,20,25)(H,21,24). The van der Waals surface area contributed by atoms with Crippen molar-refractivity contribution in [3.63, 3.8) is 0 Å². The van der Waals surface area contributed by atoms with Crippen molar-refractivity contribution in [1.82, 2.24) is 10.6 Å². The molecule has 2 amide bonds. The van der Waals surface area contributed by atoms with Crippen LogP contribution in [0.3, 0.4) is 0 Å².